The molecule has 1 aliphatic heterocycles. The lowest BCUT2D eigenvalue weighted by Crippen LogP contribution is -2.40. The Balaban J connectivity index is 1.29. The van der Waals surface area contributed by atoms with Crippen molar-refractivity contribution in [1.82, 2.24) is 5.32 Å². The van der Waals surface area contributed by atoms with Gasteiger partial charge >= 0.3 is 0 Å². The van der Waals surface area contributed by atoms with Gasteiger partial charge in [0, 0.05) is 12.1 Å². The van der Waals surface area contributed by atoms with Crippen LogP contribution in [0.5, 0.6) is 11.5 Å². The first kappa shape index (κ1) is 20.3. The van der Waals surface area contributed by atoms with Crippen molar-refractivity contribution in [2.45, 2.75) is 89.5 Å². The number of fused-ring (bicyclic) bond motifs is 1. The molecule has 0 radical (unpaired) electrons. The third kappa shape index (κ3) is 5.33. The van der Waals surface area contributed by atoms with Crippen molar-refractivity contribution in [3.8, 4) is 11.5 Å². The molecule has 0 spiro atoms. The first-order valence-corrected chi connectivity index (χ1v) is 11.5. The molecule has 0 aromatic heterocycles. The normalized spacial score (nSPS) is 25.0. The van der Waals surface area contributed by atoms with E-state index in [1.165, 1.54) is 36.8 Å². The van der Waals surface area contributed by atoms with Crippen molar-refractivity contribution in [2.24, 2.45) is 0 Å². The van der Waals surface area contributed by atoms with Crippen molar-refractivity contribution >= 4 is 0 Å². The zero-order valence-electron chi connectivity index (χ0n) is 17.9. The fraction of sp³-hybridized carbons (Fsp3) is 0.538. The Hall–Kier alpha value is -2.00. The summed E-state index contributed by atoms with van der Waals surface area (Å²) >= 11 is 0. The highest BCUT2D eigenvalue weighted by atomic mass is 16.5. The number of hydrogen-bond donors (Lipinski definition) is 1. The lowest BCUT2D eigenvalue weighted by molar-refractivity contribution is 0.135. The van der Waals surface area contributed by atoms with Crippen LogP contribution in [0.1, 0.15) is 76.0 Å². The topological polar surface area (TPSA) is 30.5 Å². The van der Waals surface area contributed by atoms with E-state index in [2.05, 4.69) is 67.7 Å². The van der Waals surface area contributed by atoms with Gasteiger partial charge in [-0.05, 0) is 81.2 Å². The van der Waals surface area contributed by atoms with Crippen LogP contribution in [0.25, 0.3) is 0 Å². The van der Waals surface area contributed by atoms with E-state index in [-0.39, 0.29) is 6.10 Å². The molecule has 2 aliphatic rings. The van der Waals surface area contributed by atoms with Crippen LogP contribution in [0.3, 0.4) is 0 Å². The van der Waals surface area contributed by atoms with Crippen LogP contribution < -0.4 is 14.8 Å². The van der Waals surface area contributed by atoms with E-state index in [1.807, 2.05) is 0 Å². The standard InChI is InChI=1S/C26H35NO2/c1-3-7-19(2)27-22-11-13-23(14-12-22)28-24-15-17-26-21(18-24)10-16-25(29-26)20-8-5-4-6-9-20/h4-6,8-9,15,17-19,22-23,25,27H,3,7,10-14,16H2,1-2H3. The van der Waals surface area contributed by atoms with E-state index in [4.69, 9.17) is 9.47 Å². The zero-order valence-corrected chi connectivity index (χ0v) is 17.9. The Labute approximate surface area is 175 Å². The van der Waals surface area contributed by atoms with Gasteiger partial charge in [-0.1, -0.05) is 43.7 Å². The maximum Gasteiger partial charge on any atom is 0.124 e. The Morgan fingerprint density at radius 1 is 1.03 bits per heavy atom. The third-order valence-corrected chi connectivity index (χ3v) is 6.37. The molecule has 156 valence electrons. The smallest absolute Gasteiger partial charge is 0.124 e. The number of benzene rings is 2. The summed E-state index contributed by atoms with van der Waals surface area (Å²) in [4.78, 5) is 0. The summed E-state index contributed by atoms with van der Waals surface area (Å²) in [6.07, 6.45) is 9.78. The lowest BCUT2D eigenvalue weighted by atomic mass is 9.92. The van der Waals surface area contributed by atoms with Gasteiger partial charge < -0.3 is 14.8 Å². The van der Waals surface area contributed by atoms with Crippen molar-refractivity contribution in [3.05, 3.63) is 59.7 Å². The van der Waals surface area contributed by atoms with E-state index < -0.39 is 0 Å². The van der Waals surface area contributed by atoms with Gasteiger partial charge in [-0.25, -0.2) is 0 Å². The molecule has 2 unspecified atom stereocenters. The van der Waals surface area contributed by atoms with Gasteiger partial charge in [0.1, 0.15) is 17.6 Å². The predicted molar refractivity (Wildman–Crippen MR) is 119 cm³/mol. The Morgan fingerprint density at radius 3 is 2.59 bits per heavy atom. The third-order valence-electron chi connectivity index (χ3n) is 6.37. The minimum atomic E-state index is 0.161. The maximum absolute atomic E-state index is 6.35. The summed E-state index contributed by atoms with van der Waals surface area (Å²) in [5, 5.41) is 3.79. The molecule has 0 amide bonds. The van der Waals surface area contributed by atoms with Gasteiger partial charge in [0.15, 0.2) is 0 Å². The number of nitrogens with one attached hydrogen (secondary N) is 1. The van der Waals surface area contributed by atoms with Crippen LogP contribution in [0.15, 0.2) is 48.5 Å². The zero-order chi connectivity index (χ0) is 20.1. The molecule has 1 fully saturated rings. The minimum Gasteiger partial charge on any atom is -0.490 e. The molecule has 0 bridgehead atoms. The van der Waals surface area contributed by atoms with Crippen molar-refractivity contribution < 1.29 is 9.47 Å². The van der Waals surface area contributed by atoms with Crippen LogP contribution >= 0.6 is 0 Å². The quantitative estimate of drug-likeness (QED) is 0.605. The molecule has 1 N–H and O–H groups in total. The van der Waals surface area contributed by atoms with Gasteiger partial charge in [0.2, 0.25) is 0 Å². The van der Waals surface area contributed by atoms with E-state index in [0.29, 0.717) is 18.2 Å². The summed E-state index contributed by atoms with van der Waals surface area (Å²) in [5.74, 6) is 2.01. The fourth-order valence-electron chi connectivity index (χ4n) is 4.80. The minimum absolute atomic E-state index is 0.161. The molecule has 3 heteroatoms. The number of rotatable bonds is 7. The van der Waals surface area contributed by atoms with Gasteiger partial charge in [0.05, 0.1) is 6.10 Å². The number of aryl methyl sites for hydroxylation is 1. The Morgan fingerprint density at radius 2 is 1.83 bits per heavy atom. The summed E-state index contributed by atoms with van der Waals surface area (Å²) in [5.41, 5.74) is 2.54. The van der Waals surface area contributed by atoms with E-state index in [0.717, 1.165) is 37.2 Å². The maximum atomic E-state index is 6.35. The summed E-state index contributed by atoms with van der Waals surface area (Å²) in [6.45, 7) is 4.57. The molecule has 1 aliphatic carbocycles. The second-order valence-corrected chi connectivity index (χ2v) is 8.77. The SMILES string of the molecule is CCCC(C)NC1CCC(Oc2ccc3c(c2)CCC(c2ccccc2)O3)CC1. The molecular formula is C26H35NO2. The molecule has 2 atom stereocenters. The second-order valence-electron chi connectivity index (χ2n) is 8.77. The van der Waals surface area contributed by atoms with Gasteiger partial charge in [-0.15, -0.1) is 0 Å². The van der Waals surface area contributed by atoms with Crippen LogP contribution in [-0.4, -0.2) is 18.2 Å². The Bertz CT molecular complexity index is 768. The first-order chi connectivity index (χ1) is 14.2. The van der Waals surface area contributed by atoms with Crippen molar-refractivity contribution in [2.75, 3.05) is 0 Å². The Kier molecular flexibility index (Phi) is 6.76. The average molecular weight is 394 g/mol. The van der Waals surface area contributed by atoms with Gasteiger partial charge in [-0.2, -0.15) is 0 Å². The van der Waals surface area contributed by atoms with Crippen molar-refractivity contribution in [3.63, 3.8) is 0 Å². The highest BCUT2D eigenvalue weighted by Gasteiger charge is 2.25. The van der Waals surface area contributed by atoms with Crippen molar-refractivity contribution in [1.29, 1.82) is 0 Å². The predicted octanol–water partition coefficient (Wildman–Crippen LogP) is 6.22. The van der Waals surface area contributed by atoms with Crippen LogP contribution in [0, 0.1) is 0 Å². The van der Waals surface area contributed by atoms with Crippen LogP contribution in [0.2, 0.25) is 0 Å². The molecule has 2 aromatic carbocycles. The number of ether oxygens (including phenoxy) is 2. The van der Waals surface area contributed by atoms with Gasteiger partial charge in [0.25, 0.3) is 0 Å². The summed E-state index contributed by atoms with van der Waals surface area (Å²) in [7, 11) is 0. The molecular weight excluding hydrogens is 358 g/mol. The highest BCUT2D eigenvalue weighted by molar-refractivity contribution is 5.42. The molecule has 2 aromatic rings. The molecule has 1 saturated carbocycles. The monoisotopic (exact) mass is 393 g/mol. The van der Waals surface area contributed by atoms with E-state index in [9.17, 15) is 0 Å². The van der Waals surface area contributed by atoms with E-state index in [1.54, 1.807) is 0 Å². The average Bonchev–Trinajstić information content (AvgIpc) is 2.75. The summed E-state index contributed by atoms with van der Waals surface area (Å²) < 4.78 is 12.6. The molecule has 1 heterocycles. The van der Waals surface area contributed by atoms with Crippen LogP contribution in [-0.2, 0) is 6.42 Å². The van der Waals surface area contributed by atoms with E-state index >= 15 is 0 Å². The molecule has 3 nitrogen and oxygen atoms in total. The van der Waals surface area contributed by atoms with Crippen LogP contribution in [0.4, 0.5) is 0 Å². The number of hydrogen-bond acceptors (Lipinski definition) is 3. The molecule has 29 heavy (non-hydrogen) atoms. The molecule has 4 rings (SSSR count). The summed E-state index contributed by atoms with van der Waals surface area (Å²) in [6, 6.07) is 18.2. The lowest BCUT2D eigenvalue weighted by Gasteiger charge is -2.32. The fourth-order valence-corrected chi connectivity index (χ4v) is 4.80. The first-order valence-electron chi connectivity index (χ1n) is 11.5. The molecule has 0 saturated heterocycles. The largest absolute Gasteiger partial charge is 0.490 e. The highest BCUT2D eigenvalue weighted by Crippen LogP contribution is 2.37. The second kappa shape index (κ2) is 9.67. The van der Waals surface area contributed by atoms with Gasteiger partial charge in [-0.3, -0.25) is 0 Å².